The van der Waals surface area contributed by atoms with Crippen molar-refractivity contribution in [2.75, 3.05) is 13.1 Å². The average Bonchev–Trinajstić information content (AvgIpc) is 2.84. The summed E-state index contributed by atoms with van der Waals surface area (Å²) in [4.78, 5) is 10.5. The van der Waals surface area contributed by atoms with Crippen molar-refractivity contribution in [2.24, 2.45) is 0 Å². The number of hydrogen-bond acceptors (Lipinski definition) is 6. The number of β-amino-alcohol motifs (C(OH)–C–C–N with tert-alkyl or cyclic N) is 2. The maximum atomic E-state index is 12.3. The van der Waals surface area contributed by atoms with Crippen molar-refractivity contribution in [3.05, 3.63) is 11.4 Å². The molecule has 0 amide bonds. The SMILES string of the molecule is Cc1[nH]nc(C(=O)O)c1S(=O)(=O)N1CC(O)C(O)C1. The average molecular weight is 291 g/mol. The van der Waals surface area contributed by atoms with E-state index in [4.69, 9.17) is 5.11 Å². The molecule has 106 valence electrons. The minimum absolute atomic E-state index is 0.0910. The Kier molecular flexibility index (Phi) is 3.34. The number of aliphatic hydroxyl groups excluding tert-OH is 2. The Morgan fingerprint density at radius 3 is 2.37 bits per heavy atom. The van der Waals surface area contributed by atoms with E-state index in [1.807, 2.05) is 0 Å². The number of carboxylic acids is 1. The fourth-order valence-electron chi connectivity index (χ4n) is 1.94. The molecule has 2 unspecified atom stereocenters. The lowest BCUT2D eigenvalue weighted by molar-refractivity contribution is 0.0572. The van der Waals surface area contributed by atoms with Crippen molar-refractivity contribution in [1.82, 2.24) is 14.5 Å². The van der Waals surface area contributed by atoms with Crippen LogP contribution in [0.2, 0.25) is 0 Å². The van der Waals surface area contributed by atoms with Crippen molar-refractivity contribution >= 4 is 16.0 Å². The van der Waals surface area contributed by atoms with E-state index < -0.39 is 38.8 Å². The van der Waals surface area contributed by atoms with Gasteiger partial charge in [0.05, 0.1) is 17.9 Å². The predicted molar refractivity (Wildman–Crippen MR) is 61.1 cm³/mol. The van der Waals surface area contributed by atoms with Gasteiger partial charge in [0.15, 0.2) is 5.69 Å². The third-order valence-corrected chi connectivity index (χ3v) is 4.91. The predicted octanol–water partition coefficient (Wildman–Crippen LogP) is -1.86. The monoisotopic (exact) mass is 291 g/mol. The summed E-state index contributed by atoms with van der Waals surface area (Å²) in [5.74, 6) is -1.47. The zero-order valence-corrected chi connectivity index (χ0v) is 10.8. The first-order valence-corrected chi connectivity index (χ1v) is 6.83. The van der Waals surface area contributed by atoms with Gasteiger partial charge in [-0.3, -0.25) is 5.10 Å². The summed E-state index contributed by atoms with van der Waals surface area (Å²) in [6.07, 6.45) is -2.37. The molecule has 9 nitrogen and oxygen atoms in total. The van der Waals surface area contributed by atoms with Crippen LogP contribution in [0, 0.1) is 6.92 Å². The summed E-state index contributed by atoms with van der Waals surface area (Å²) in [5.41, 5.74) is -0.512. The van der Waals surface area contributed by atoms with Gasteiger partial charge >= 0.3 is 5.97 Å². The zero-order chi connectivity index (χ0) is 14.4. The first kappa shape index (κ1) is 13.9. The molecule has 2 rings (SSSR count). The molecule has 0 bridgehead atoms. The molecule has 10 heteroatoms. The topological polar surface area (TPSA) is 144 Å². The number of H-pyrrole nitrogens is 1. The van der Waals surface area contributed by atoms with Gasteiger partial charge in [0.2, 0.25) is 10.0 Å². The quantitative estimate of drug-likeness (QED) is 0.511. The van der Waals surface area contributed by atoms with E-state index in [0.717, 1.165) is 4.31 Å². The number of aliphatic hydroxyl groups is 2. The number of nitrogens with one attached hydrogen (secondary N) is 1. The van der Waals surface area contributed by atoms with Gasteiger partial charge in [-0.15, -0.1) is 0 Å². The Morgan fingerprint density at radius 1 is 1.37 bits per heavy atom. The standard InChI is InChI=1S/C9H13N3O6S/c1-4-8(7(9(15)16)11-10-4)19(17,18)12-2-5(13)6(14)3-12/h5-6,13-14H,2-3H2,1H3,(H,10,11)(H,15,16). The maximum Gasteiger partial charge on any atom is 0.357 e. The molecule has 1 aliphatic heterocycles. The number of aromatic nitrogens is 2. The lowest BCUT2D eigenvalue weighted by Crippen LogP contribution is -2.31. The maximum absolute atomic E-state index is 12.3. The van der Waals surface area contributed by atoms with E-state index in [9.17, 15) is 23.4 Å². The minimum Gasteiger partial charge on any atom is -0.476 e. The van der Waals surface area contributed by atoms with Crippen molar-refractivity contribution in [1.29, 1.82) is 0 Å². The van der Waals surface area contributed by atoms with Crippen molar-refractivity contribution in [2.45, 2.75) is 24.0 Å². The smallest absolute Gasteiger partial charge is 0.357 e. The van der Waals surface area contributed by atoms with Crippen LogP contribution in [0.3, 0.4) is 0 Å². The molecular formula is C9H13N3O6S. The second-order valence-electron chi connectivity index (χ2n) is 4.29. The lowest BCUT2D eigenvalue weighted by atomic mass is 10.3. The zero-order valence-electron chi connectivity index (χ0n) is 9.94. The molecule has 19 heavy (non-hydrogen) atoms. The number of nitrogens with zero attached hydrogens (tertiary/aromatic N) is 2. The normalized spacial score (nSPS) is 24.8. The van der Waals surface area contributed by atoms with Crippen LogP contribution in [0.15, 0.2) is 4.90 Å². The Bertz CT molecular complexity index is 599. The summed E-state index contributed by atoms with van der Waals surface area (Å²) < 4.78 is 25.5. The third kappa shape index (κ3) is 2.23. The number of carboxylic acid groups (broad SMARTS) is 1. The molecule has 0 saturated carbocycles. The van der Waals surface area contributed by atoms with E-state index in [0.29, 0.717) is 0 Å². The molecule has 0 spiro atoms. The number of rotatable bonds is 3. The van der Waals surface area contributed by atoms with Crippen LogP contribution in [-0.4, -0.2) is 69.5 Å². The number of aromatic carboxylic acids is 1. The van der Waals surface area contributed by atoms with Crippen LogP contribution < -0.4 is 0 Å². The number of aromatic amines is 1. The molecule has 4 N–H and O–H groups in total. The Hall–Kier alpha value is -1.49. The summed E-state index contributed by atoms with van der Waals surface area (Å²) in [6, 6.07) is 0. The fraction of sp³-hybridized carbons (Fsp3) is 0.556. The van der Waals surface area contributed by atoms with Gasteiger partial charge in [-0.25, -0.2) is 13.2 Å². The number of sulfonamides is 1. The van der Waals surface area contributed by atoms with Gasteiger partial charge in [0, 0.05) is 13.1 Å². The number of aryl methyl sites for hydroxylation is 1. The van der Waals surface area contributed by atoms with Gasteiger partial charge in [-0.2, -0.15) is 9.40 Å². The van der Waals surface area contributed by atoms with Gasteiger partial charge in [0.1, 0.15) is 4.90 Å². The van der Waals surface area contributed by atoms with E-state index in [1.165, 1.54) is 6.92 Å². The highest BCUT2D eigenvalue weighted by Gasteiger charge is 2.40. The largest absolute Gasteiger partial charge is 0.476 e. The molecule has 2 heterocycles. The molecule has 1 aromatic rings. The van der Waals surface area contributed by atoms with Crippen LogP contribution >= 0.6 is 0 Å². The fourth-order valence-corrected chi connectivity index (χ4v) is 3.71. The van der Waals surface area contributed by atoms with E-state index in [-0.39, 0.29) is 18.8 Å². The van der Waals surface area contributed by atoms with Gasteiger partial charge in [0.25, 0.3) is 0 Å². The summed E-state index contributed by atoms with van der Waals surface area (Å²) in [7, 11) is -4.13. The second-order valence-corrected chi connectivity index (χ2v) is 6.16. The first-order chi connectivity index (χ1) is 8.75. The van der Waals surface area contributed by atoms with E-state index >= 15 is 0 Å². The third-order valence-electron chi connectivity index (χ3n) is 2.92. The van der Waals surface area contributed by atoms with Crippen molar-refractivity contribution in [3.8, 4) is 0 Å². The molecular weight excluding hydrogens is 278 g/mol. The molecule has 1 fully saturated rings. The van der Waals surface area contributed by atoms with Crippen LogP contribution in [0.25, 0.3) is 0 Å². The first-order valence-electron chi connectivity index (χ1n) is 5.39. The molecule has 0 radical (unpaired) electrons. The lowest BCUT2D eigenvalue weighted by Gasteiger charge is -2.15. The Morgan fingerprint density at radius 2 is 1.89 bits per heavy atom. The highest BCUT2D eigenvalue weighted by atomic mass is 32.2. The minimum atomic E-state index is -4.13. The summed E-state index contributed by atoms with van der Waals surface area (Å²) in [5, 5.41) is 33.4. The van der Waals surface area contributed by atoms with Crippen LogP contribution in [0.1, 0.15) is 16.2 Å². The molecule has 1 aromatic heterocycles. The molecule has 0 aliphatic carbocycles. The van der Waals surface area contributed by atoms with Crippen LogP contribution in [0.5, 0.6) is 0 Å². The molecule has 1 aliphatic rings. The van der Waals surface area contributed by atoms with Gasteiger partial charge in [-0.05, 0) is 6.92 Å². The Labute approximate surface area is 108 Å². The number of carbonyl (C=O) groups is 1. The van der Waals surface area contributed by atoms with Crippen LogP contribution in [-0.2, 0) is 10.0 Å². The van der Waals surface area contributed by atoms with Crippen molar-refractivity contribution in [3.63, 3.8) is 0 Å². The highest BCUT2D eigenvalue weighted by Crippen LogP contribution is 2.25. The molecule has 0 aromatic carbocycles. The van der Waals surface area contributed by atoms with E-state index in [2.05, 4.69) is 10.2 Å². The van der Waals surface area contributed by atoms with Crippen molar-refractivity contribution < 1.29 is 28.5 Å². The molecule has 1 saturated heterocycles. The second kappa shape index (κ2) is 4.56. The van der Waals surface area contributed by atoms with Crippen LogP contribution in [0.4, 0.5) is 0 Å². The summed E-state index contributed by atoms with van der Waals surface area (Å²) >= 11 is 0. The van der Waals surface area contributed by atoms with Gasteiger partial charge in [-0.1, -0.05) is 0 Å². The highest BCUT2D eigenvalue weighted by molar-refractivity contribution is 7.89. The number of hydrogen-bond donors (Lipinski definition) is 4. The summed E-state index contributed by atoms with van der Waals surface area (Å²) in [6.45, 7) is 0.815. The Balaban J connectivity index is 2.46. The van der Waals surface area contributed by atoms with E-state index in [1.54, 1.807) is 0 Å². The van der Waals surface area contributed by atoms with Gasteiger partial charge < -0.3 is 15.3 Å². The molecule has 2 atom stereocenters.